The van der Waals surface area contributed by atoms with Crippen LogP contribution in [0.2, 0.25) is 0 Å². The average molecular weight is 196 g/mol. The van der Waals surface area contributed by atoms with Gasteiger partial charge in [0.05, 0.1) is 11.7 Å². The maximum absolute atomic E-state index is 9.66. The number of aromatic hydroxyl groups is 1. The zero-order valence-corrected chi connectivity index (χ0v) is 9.70. The van der Waals surface area contributed by atoms with E-state index in [1.54, 1.807) is 6.20 Å². The van der Waals surface area contributed by atoms with E-state index in [1.807, 2.05) is 4.68 Å². The van der Waals surface area contributed by atoms with Crippen LogP contribution in [0.15, 0.2) is 6.20 Å². The van der Waals surface area contributed by atoms with Crippen molar-refractivity contribution in [2.24, 2.45) is 5.92 Å². The third kappa shape index (κ3) is 2.50. The van der Waals surface area contributed by atoms with Crippen molar-refractivity contribution < 1.29 is 5.11 Å². The molecule has 1 rings (SSSR count). The van der Waals surface area contributed by atoms with Crippen LogP contribution in [0.1, 0.15) is 40.3 Å². The highest BCUT2D eigenvalue weighted by atomic mass is 16.3. The minimum atomic E-state index is -0.0628. The molecule has 0 saturated carbocycles. The normalized spacial score (nSPS) is 12.4. The Morgan fingerprint density at radius 1 is 1.43 bits per heavy atom. The smallest absolute Gasteiger partial charge is 0.156 e. The quantitative estimate of drug-likeness (QED) is 0.789. The summed E-state index contributed by atoms with van der Waals surface area (Å²) in [4.78, 5) is 0. The molecule has 0 aliphatic carbocycles. The van der Waals surface area contributed by atoms with Crippen LogP contribution in [-0.2, 0) is 12.0 Å². The summed E-state index contributed by atoms with van der Waals surface area (Å²) < 4.78 is 1.82. The molecule has 0 unspecified atom stereocenters. The average Bonchev–Trinajstić information content (AvgIpc) is 2.30. The van der Waals surface area contributed by atoms with E-state index in [0.717, 1.165) is 12.1 Å². The molecule has 0 fully saturated rings. The number of rotatable bonds is 2. The Balaban J connectivity index is 2.94. The minimum Gasteiger partial charge on any atom is -0.504 e. The number of hydrogen-bond donors (Lipinski definition) is 1. The van der Waals surface area contributed by atoms with Gasteiger partial charge in [0.1, 0.15) is 5.69 Å². The van der Waals surface area contributed by atoms with Crippen molar-refractivity contribution in [3.63, 3.8) is 0 Å². The fourth-order valence-electron chi connectivity index (χ4n) is 1.28. The van der Waals surface area contributed by atoms with E-state index in [9.17, 15) is 5.11 Å². The molecule has 1 heterocycles. The summed E-state index contributed by atoms with van der Waals surface area (Å²) in [6.07, 6.45) is 2.53. The molecule has 0 aliphatic heterocycles. The van der Waals surface area contributed by atoms with Gasteiger partial charge in [-0.3, -0.25) is 4.68 Å². The third-order valence-corrected chi connectivity index (χ3v) is 2.06. The highest BCUT2D eigenvalue weighted by molar-refractivity contribution is 5.23. The summed E-state index contributed by atoms with van der Waals surface area (Å²) in [5.74, 6) is 0.831. The van der Waals surface area contributed by atoms with Crippen LogP contribution in [0.4, 0.5) is 0 Å². The van der Waals surface area contributed by atoms with Crippen LogP contribution < -0.4 is 0 Å². The maximum atomic E-state index is 9.66. The van der Waals surface area contributed by atoms with Gasteiger partial charge in [-0.2, -0.15) is 5.10 Å². The Bertz CT molecular complexity index is 308. The van der Waals surface area contributed by atoms with Crippen LogP contribution in [-0.4, -0.2) is 14.9 Å². The van der Waals surface area contributed by atoms with Crippen molar-refractivity contribution in [1.82, 2.24) is 9.78 Å². The van der Waals surface area contributed by atoms with Crippen LogP contribution in [0.5, 0.6) is 5.75 Å². The van der Waals surface area contributed by atoms with E-state index in [0.29, 0.717) is 11.7 Å². The van der Waals surface area contributed by atoms with Gasteiger partial charge in [0.25, 0.3) is 0 Å². The standard InChI is InChI=1S/C11H20N2O/c1-8(2)6-9-10(14)7-13(12-9)11(3,4)5/h7-8,14H,6H2,1-5H3. The molecule has 1 N–H and O–H groups in total. The number of nitrogens with zero attached hydrogens (tertiary/aromatic N) is 2. The summed E-state index contributed by atoms with van der Waals surface area (Å²) in [5.41, 5.74) is 0.738. The van der Waals surface area contributed by atoms with Crippen LogP contribution >= 0.6 is 0 Å². The predicted octanol–water partition coefficient (Wildman–Crippen LogP) is 2.54. The Hall–Kier alpha value is -0.990. The zero-order chi connectivity index (χ0) is 10.9. The summed E-state index contributed by atoms with van der Waals surface area (Å²) in [6.45, 7) is 10.4. The lowest BCUT2D eigenvalue weighted by Crippen LogP contribution is -2.22. The van der Waals surface area contributed by atoms with Gasteiger partial charge < -0.3 is 5.11 Å². The number of hydrogen-bond acceptors (Lipinski definition) is 2. The fraction of sp³-hybridized carbons (Fsp3) is 0.727. The van der Waals surface area contributed by atoms with Gasteiger partial charge in [-0.15, -0.1) is 0 Å². The van der Waals surface area contributed by atoms with Crippen molar-refractivity contribution in [2.75, 3.05) is 0 Å². The molecule has 0 atom stereocenters. The molecule has 0 bridgehead atoms. The highest BCUT2D eigenvalue weighted by Gasteiger charge is 2.17. The van der Waals surface area contributed by atoms with Gasteiger partial charge in [0, 0.05) is 0 Å². The molecule has 0 radical (unpaired) electrons. The first-order chi connectivity index (χ1) is 6.30. The Labute approximate surface area is 85.8 Å². The summed E-state index contributed by atoms with van der Waals surface area (Å²) in [5, 5.41) is 14.0. The summed E-state index contributed by atoms with van der Waals surface area (Å²) >= 11 is 0. The monoisotopic (exact) mass is 196 g/mol. The number of aromatic nitrogens is 2. The first kappa shape index (κ1) is 11.1. The van der Waals surface area contributed by atoms with E-state index in [-0.39, 0.29) is 5.54 Å². The van der Waals surface area contributed by atoms with E-state index in [2.05, 4.69) is 39.7 Å². The van der Waals surface area contributed by atoms with E-state index in [1.165, 1.54) is 0 Å². The first-order valence-corrected chi connectivity index (χ1v) is 5.08. The van der Waals surface area contributed by atoms with Gasteiger partial charge >= 0.3 is 0 Å². The van der Waals surface area contributed by atoms with E-state index < -0.39 is 0 Å². The molecule has 0 saturated heterocycles. The Morgan fingerprint density at radius 2 is 2.00 bits per heavy atom. The van der Waals surface area contributed by atoms with Crippen molar-refractivity contribution in [2.45, 2.75) is 46.6 Å². The first-order valence-electron chi connectivity index (χ1n) is 5.08. The summed E-state index contributed by atoms with van der Waals surface area (Å²) in [6, 6.07) is 0. The molecule has 0 aromatic carbocycles. The third-order valence-electron chi connectivity index (χ3n) is 2.06. The molecule has 1 aromatic heterocycles. The maximum Gasteiger partial charge on any atom is 0.156 e. The van der Waals surface area contributed by atoms with Crippen LogP contribution in [0.25, 0.3) is 0 Å². The lowest BCUT2D eigenvalue weighted by atomic mass is 10.1. The molecule has 0 aliphatic rings. The van der Waals surface area contributed by atoms with E-state index >= 15 is 0 Å². The molecule has 0 amide bonds. The van der Waals surface area contributed by atoms with Gasteiger partial charge in [-0.1, -0.05) is 13.8 Å². The predicted molar refractivity (Wildman–Crippen MR) is 57.4 cm³/mol. The van der Waals surface area contributed by atoms with Crippen molar-refractivity contribution in [1.29, 1.82) is 0 Å². The van der Waals surface area contributed by atoms with Crippen molar-refractivity contribution in [3.8, 4) is 5.75 Å². The summed E-state index contributed by atoms with van der Waals surface area (Å²) in [7, 11) is 0. The molecule has 3 nitrogen and oxygen atoms in total. The van der Waals surface area contributed by atoms with Gasteiger partial charge in [0.2, 0.25) is 0 Å². The Morgan fingerprint density at radius 3 is 2.36 bits per heavy atom. The molecular weight excluding hydrogens is 176 g/mol. The second-order valence-corrected chi connectivity index (χ2v) is 5.17. The second-order valence-electron chi connectivity index (χ2n) is 5.17. The molecule has 0 spiro atoms. The molecule has 14 heavy (non-hydrogen) atoms. The highest BCUT2D eigenvalue weighted by Crippen LogP contribution is 2.22. The molecular formula is C11H20N2O. The van der Waals surface area contributed by atoms with Crippen molar-refractivity contribution >= 4 is 0 Å². The molecule has 80 valence electrons. The van der Waals surface area contributed by atoms with Crippen LogP contribution in [0.3, 0.4) is 0 Å². The lowest BCUT2D eigenvalue weighted by Gasteiger charge is -2.18. The van der Waals surface area contributed by atoms with Crippen LogP contribution in [0, 0.1) is 5.92 Å². The Kier molecular flexibility index (Phi) is 2.88. The van der Waals surface area contributed by atoms with E-state index in [4.69, 9.17) is 0 Å². The largest absolute Gasteiger partial charge is 0.504 e. The SMILES string of the molecule is CC(C)Cc1nn(C(C)(C)C)cc1O. The lowest BCUT2D eigenvalue weighted by molar-refractivity contribution is 0.351. The van der Waals surface area contributed by atoms with Crippen molar-refractivity contribution in [3.05, 3.63) is 11.9 Å². The van der Waals surface area contributed by atoms with Gasteiger partial charge in [-0.05, 0) is 33.1 Å². The minimum absolute atomic E-state index is 0.0628. The van der Waals surface area contributed by atoms with Gasteiger partial charge in [0.15, 0.2) is 5.75 Å². The fourth-order valence-corrected chi connectivity index (χ4v) is 1.28. The second kappa shape index (κ2) is 3.64. The topological polar surface area (TPSA) is 38.0 Å². The molecule has 1 aromatic rings. The van der Waals surface area contributed by atoms with Gasteiger partial charge in [-0.25, -0.2) is 0 Å². The molecule has 3 heteroatoms. The zero-order valence-electron chi connectivity index (χ0n) is 9.70.